The van der Waals surface area contributed by atoms with Gasteiger partial charge in [0.1, 0.15) is 22.8 Å². The maximum atomic E-state index is 14.0. The number of rotatable bonds is 3. The highest BCUT2D eigenvalue weighted by atomic mass is 32.1. The molecule has 3 heterocycles. The molecule has 0 bridgehead atoms. The van der Waals surface area contributed by atoms with Gasteiger partial charge in [-0.05, 0) is 37.8 Å². The van der Waals surface area contributed by atoms with Crippen LogP contribution in [0.1, 0.15) is 35.0 Å². The summed E-state index contributed by atoms with van der Waals surface area (Å²) in [4.78, 5) is 25.8. The summed E-state index contributed by atoms with van der Waals surface area (Å²) in [6.45, 7) is 5.95. The minimum absolute atomic E-state index is 0.172. The highest BCUT2D eigenvalue weighted by Gasteiger charge is 2.26. The molecule has 1 unspecified atom stereocenters. The van der Waals surface area contributed by atoms with E-state index in [0.717, 1.165) is 40.4 Å². The predicted octanol–water partition coefficient (Wildman–Crippen LogP) is 4.63. The quantitative estimate of drug-likeness (QED) is 0.715. The molecule has 0 spiro atoms. The molecule has 1 aliphatic rings. The Morgan fingerprint density at radius 2 is 2.15 bits per heavy atom. The first-order valence-electron chi connectivity index (χ1n) is 9.09. The van der Waals surface area contributed by atoms with Crippen molar-refractivity contribution in [2.75, 3.05) is 23.3 Å². The molecule has 27 heavy (non-hydrogen) atoms. The average Bonchev–Trinajstić information content (AvgIpc) is 2.99. The minimum atomic E-state index is -0.454. The van der Waals surface area contributed by atoms with Crippen LogP contribution in [-0.4, -0.2) is 29.0 Å². The van der Waals surface area contributed by atoms with Crippen molar-refractivity contribution >= 4 is 39.0 Å². The van der Waals surface area contributed by atoms with Gasteiger partial charge in [-0.15, -0.1) is 11.3 Å². The van der Waals surface area contributed by atoms with E-state index in [1.54, 1.807) is 24.5 Å². The summed E-state index contributed by atoms with van der Waals surface area (Å²) < 4.78 is 14.0. The van der Waals surface area contributed by atoms with Crippen molar-refractivity contribution in [1.29, 1.82) is 0 Å². The molecule has 140 valence electrons. The normalized spacial score (nSPS) is 17.3. The molecule has 1 aromatic carbocycles. The standard InChI is InChI=1S/C20H21FN4OS/c1-12-6-5-9-25(10-12)18-17-16(13(2)27-20(17)23-11-22-18)19(26)24-15-8-4-3-7-14(15)21/h3-4,7-8,11-12H,5-6,9-10H2,1-2H3,(H,24,26). The third kappa shape index (κ3) is 3.39. The Bertz CT molecular complexity index is 1000. The Morgan fingerprint density at radius 1 is 1.33 bits per heavy atom. The second-order valence-corrected chi connectivity index (χ2v) is 8.24. The average molecular weight is 384 g/mol. The first-order valence-corrected chi connectivity index (χ1v) is 9.91. The molecule has 1 amide bonds. The molecule has 1 aliphatic heterocycles. The Morgan fingerprint density at radius 3 is 2.93 bits per heavy atom. The summed E-state index contributed by atoms with van der Waals surface area (Å²) in [5, 5.41) is 3.47. The summed E-state index contributed by atoms with van der Waals surface area (Å²) in [6, 6.07) is 6.18. The largest absolute Gasteiger partial charge is 0.356 e. The van der Waals surface area contributed by atoms with Crippen molar-refractivity contribution in [3.8, 4) is 0 Å². The van der Waals surface area contributed by atoms with E-state index in [2.05, 4.69) is 27.1 Å². The fourth-order valence-corrected chi connectivity index (χ4v) is 4.65. The summed E-state index contributed by atoms with van der Waals surface area (Å²) >= 11 is 1.47. The Labute approximate surface area is 161 Å². The lowest BCUT2D eigenvalue weighted by molar-refractivity contribution is 0.102. The van der Waals surface area contributed by atoms with Gasteiger partial charge in [-0.3, -0.25) is 4.79 Å². The SMILES string of the molecule is Cc1sc2ncnc(N3CCCC(C)C3)c2c1C(=O)Nc1ccccc1F. The number of carbonyl (C=O) groups excluding carboxylic acids is 1. The number of hydrogen-bond acceptors (Lipinski definition) is 5. The van der Waals surface area contributed by atoms with Crippen LogP contribution in [-0.2, 0) is 0 Å². The molecule has 2 aromatic heterocycles. The number of carbonyl (C=O) groups is 1. The lowest BCUT2D eigenvalue weighted by Gasteiger charge is -2.32. The number of anilines is 2. The second-order valence-electron chi connectivity index (χ2n) is 7.04. The molecule has 1 atom stereocenters. The third-order valence-corrected chi connectivity index (χ3v) is 5.96. The molecule has 0 aliphatic carbocycles. The summed E-state index contributed by atoms with van der Waals surface area (Å²) in [5.41, 5.74) is 0.707. The Hall–Kier alpha value is -2.54. The Balaban J connectivity index is 1.77. The monoisotopic (exact) mass is 384 g/mol. The topological polar surface area (TPSA) is 58.1 Å². The van der Waals surface area contributed by atoms with Gasteiger partial charge >= 0.3 is 0 Å². The van der Waals surface area contributed by atoms with Crippen LogP contribution in [0, 0.1) is 18.7 Å². The van der Waals surface area contributed by atoms with Crippen LogP contribution in [0.4, 0.5) is 15.9 Å². The van der Waals surface area contributed by atoms with E-state index >= 15 is 0 Å². The Kier molecular flexibility index (Phi) is 4.78. The number of thiophene rings is 1. The number of amides is 1. The van der Waals surface area contributed by atoms with E-state index < -0.39 is 5.82 Å². The number of benzene rings is 1. The lowest BCUT2D eigenvalue weighted by Crippen LogP contribution is -2.35. The number of aromatic nitrogens is 2. The summed E-state index contributed by atoms with van der Waals surface area (Å²) in [7, 11) is 0. The van der Waals surface area contributed by atoms with Crippen LogP contribution >= 0.6 is 11.3 Å². The maximum absolute atomic E-state index is 14.0. The van der Waals surface area contributed by atoms with Crippen molar-refractivity contribution in [1.82, 2.24) is 9.97 Å². The summed E-state index contributed by atoms with van der Waals surface area (Å²) in [6.07, 6.45) is 3.87. The fourth-order valence-electron chi connectivity index (χ4n) is 3.67. The van der Waals surface area contributed by atoms with Crippen LogP contribution < -0.4 is 10.2 Å². The van der Waals surface area contributed by atoms with Gasteiger partial charge in [0.15, 0.2) is 0 Å². The van der Waals surface area contributed by atoms with Crippen molar-refractivity contribution in [3.05, 3.63) is 46.9 Å². The molecule has 1 N–H and O–H groups in total. The van der Waals surface area contributed by atoms with Crippen LogP contribution in [0.3, 0.4) is 0 Å². The first kappa shape index (κ1) is 17.9. The van der Waals surface area contributed by atoms with Crippen LogP contribution in [0.5, 0.6) is 0 Å². The number of nitrogens with zero attached hydrogens (tertiary/aromatic N) is 3. The van der Waals surface area contributed by atoms with Crippen molar-refractivity contribution in [2.45, 2.75) is 26.7 Å². The van der Waals surface area contributed by atoms with Crippen LogP contribution in [0.15, 0.2) is 30.6 Å². The van der Waals surface area contributed by atoms with Crippen molar-refractivity contribution in [2.24, 2.45) is 5.92 Å². The predicted molar refractivity (Wildman–Crippen MR) is 107 cm³/mol. The van der Waals surface area contributed by atoms with E-state index in [9.17, 15) is 9.18 Å². The van der Waals surface area contributed by atoms with Gasteiger partial charge in [0.2, 0.25) is 0 Å². The molecule has 5 nitrogen and oxygen atoms in total. The van der Waals surface area contributed by atoms with Gasteiger partial charge in [-0.1, -0.05) is 19.1 Å². The van der Waals surface area contributed by atoms with Gasteiger partial charge in [0.05, 0.1) is 16.6 Å². The van der Waals surface area contributed by atoms with E-state index in [-0.39, 0.29) is 11.6 Å². The zero-order valence-electron chi connectivity index (χ0n) is 15.3. The van der Waals surface area contributed by atoms with Gasteiger partial charge in [0.25, 0.3) is 5.91 Å². The third-order valence-electron chi connectivity index (χ3n) is 4.95. The molecular formula is C20H21FN4OS. The number of nitrogens with one attached hydrogen (secondary N) is 1. The van der Waals surface area contributed by atoms with Crippen molar-refractivity contribution < 1.29 is 9.18 Å². The maximum Gasteiger partial charge on any atom is 0.257 e. The van der Waals surface area contributed by atoms with Gasteiger partial charge in [-0.25, -0.2) is 14.4 Å². The second kappa shape index (κ2) is 7.23. The van der Waals surface area contributed by atoms with Gasteiger partial charge in [-0.2, -0.15) is 0 Å². The van der Waals surface area contributed by atoms with E-state index in [4.69, 9.17) is 0 Å². The molecule has 1 saturated heterocycles. The molecule has 0 radical (unpaired) electrons. The lowest BCUT2D eigenvalue weighted by atomic mass is 10.00. The van der Waals surface area contributed by atoms with E-state index in [0.29, 0.717) is 11.5 Å². The highest BCUT2D eigenvalue weighted by Crippen LogP contribution is 2.36. The smallest absolute Gasteiger partial charge is 0.257 e. The van der Waals surface area contributed by atoms with Gasteiger partial charge < -0.3 is 10.2 Å². The number of halogens is 1. The number of para-hydroxylation sites is 1. The van der Waals surface area contributed by atoms with E-state index in [1.165, 1.54) is 23.8 Å². The summed E-state index contributed by atoms with van der Waals surface area (Å²) in [5.74, 6) is 0.600. The minimum Gasteiger partial charge on any atom is -0.356 e. The fraction of sp³-hybridized carbons (Fsp3) is 0.350. The molecule has 0 saturated carbocycles. The van der Waals surface area contributed by atoms with Gasteiger partial charge in [0, 0.05) is 18.0 Å². The zero-order valence-corrected chi connectivity index (χ0v) is 16.1. The van der Waals surface area contributed by atoms with E-state index in [1.807, 2.05) is 6.92 Å². The number of aryl methyl sites for hydroxylation is 1. The van der Waals surface area contributed by atoms with Crippen molar-refractivity contribution in [3.63, 3.8) is 0 Å². The number of piperidine rings is 1. The molecular weight excluding hydrogens is 363 g/mol. The van der Waals surface area contributed by atoms with Crippen LogP contribution in [0.2, 0.25) is 0 Å². The molecule has 1 fully saturated rings. The highest BCUT2D eigenvalue weighted by molar-refractivity contribution is 7.19. The number of fused-ring (bicyclic) bond motifs is 1. The van der Waals surface area contributed by atoms with Crippen LogP contribution in [0.25, 0.3) is 10.2 Å². The first-order chi connectivity index (χ1) is 13.0. The zero-order chi connectivity index (χ0) is 19.0. The molecule has 4 rings (SSSR count). The molecule has 7 heteroatoms. The number of hydrogen-bond donors (Lipinski definition) is 1. The molecule has 3 aromatic rings.